The zero-order valence-corrected chi connectivity index (χ0v) is 20.2. The van der Waals surface area contributed by atoms with E-state index in [4.69, 9.17) is 32.7 Å². The molecule has 2 heterocycles. The van der Waals surface area contributed by atoms with Crippen LogP contribution >= 0.6 is 23.2 Å². The average Bonchev–Trinajstić information content (AvgIpc) is 2.75. The standard InChI is InChI=1S/C20H23Cl2FN4O5S/c1-12(2)11-31-20-16(22)7-13(10-25-20)32-18-9-17(23)14(8-15(18)21)19(28)26-33(29,30)27-5-3-24-4-6-27/h7-10,12,24H,3-6,11H2,1-2H3,(H,26,28). The van der Waals surface area contributed by atoms with Crippen LogP contribution in [-0.4, -0.2) is 56.4 Å². The number of piperazine rings is 1. The highest BCUT2D eigenvalue weighted by atomic mass is 35.5. The number of nitrogens with zero attached hydrogens (tertiary/aromatic N) is 2. The van der Waals surface area contributed by atoms with E-state index in [1.807, 2.05) is 18.6 Å². The first kappa shape index (κ1) is 25.4. The van der Waals surface area contributed by atoms with E-state index in [2.05, 4.69) is 10.3 Å². The van der Waals surface area contributed by atoms with E-state index in [0.717, 1.165) is 16.4 Å². The molecular weight excluding hydrogens is 498 g/mol. The number of carbonyl (C=O) groups excluding carboxylic acids is 1. The molecule has 1 saturated heterocycles. The molecule has 180 valence electrons. The summed E-state index contributed by atoms with van der Waals surface area (Å²) in [5, 5.41) is 3.08. The van der Waals surface area contributed by atoms with Crippen molar-refractivity contribution in [3.63, 3.8) is 0 Å². The lowest BCUT2D eigenvalue weighted by molar-refractivity contribution is 0.0975. The van der Waals surface area contributed by atoms with E-state index in [1.54, 1.807) is 0 Å². The lowest BCUT2D eigenvalue weighted by Gasteiger charge is -2.26. The Balaban J connectivity index is 1.73. The van der Waals surface area contributed by atoms with Crippen molar-refractivity contribution in [2.75, 3.05) is 32.8 Å². The number of carbonyl (C=O) groups is 1. The minimum atomic E-state index is -4.12. The summed E-state index contributed by atoms with van der Waals surface area (Å²) in [6.07, 6.45) is 1.33. The number of rotatable bonds is 8. The third-order valence-electron chi connectivity index (χ3n) is 4.47. The van der Waals surface area contributed by atoms with E-state index >= 15 is 0 Å². The number of ether oxygens (including phenoxy) is 2. The first-order chi connectivity index (χ1) is 15.6. The van der Waals surface area contributed by atoms with Crippen LogP contribution in [0, 0.1) is 11.7 Å². The monoisotopic (exact) mass is 520 g/mol. The zero-order chi connectivity index (χ0) is 24.2. The highest BCUT2D eigenvalue weighted by Crippen LogP contribution is 2.34. The van der Waals surface area contributed by atoms with Crippen LogP contribution < -0.4 is 19.5 Å². The molecule has 3 rings (SSSR count). The Morgan fingerprint density at radius 1 is 1.24 bits per heavy atom. The van der Waals surface area contributed by atoms with Gasteiger partial charge in [-0.2, -0.15) is 12.7 Å². The van der Waals surface area contributed by atoms with Gasteiger partial charge in [-0.15, -0.1) is 0 Å². The van der Waals surface area contributed by atoms with Crippen LogP contribution in [0.25, 0.3) is 0 Å². The van der Waals surface area contributed by atoms with Crippen molar-refractivity contribution in [1.82, 2.24) is 19.3 Å². The number of amides is 1. The van der Waals surface area contributed by atoms with E-state index in [9.17, 15) is 17.6 Å². The average molecular weight is 521 g/mol. The van der Waals surface area contributed by atoms with Crippen molar-refractivity contribution < 1.29 is 27.1 Å². The number of hydrogen-bond donors (Lipinski definition) is 2. The molecule has 0 bridgehead atoms. The fourth-order valence-corrected chi connectivity index (χ4v) is 4.39. The quantitative estimate of drug-likeness (QED) is 0.549. The molecule has 2 aromatic rings. The van der Waals surface area contributed by atoms with Crippen molar-refractivity contribution in [2.24, 2.45) is 5.92 Å². The van der Waals surface area contributed by atoms with Crippen molar-refractivity contribution in [1.29, 1.82) is 0 Å². The Morgan fingerprint density at radius 3 is 2.58 bits per heavy atom. The summed E-state index contributed by atoms with van der Waals surface area (Å²) in [4.78, 5) is 16.5. The summed E-state index contributed by atoms with van der Waals surface area (Å²) in [5.41, 5.74) is -0.542. The minimum Gasteiger partial charge on any atom is -0.476 e. The van der Waals surface area contributed by atoms with Gasteiger partial charge in [-0.3, -0.25) is 4.79 Å². The van der Waals surface area contributed by atoms with Gasteiger partial charge in [0.05, 0.1) is 23.4 Å². The molecule has 1 aliphatic rings. The molecule has 2 N–H and O–H groups in total. The number of pyridine rings is 1. The summed E-state index contributed by atoms with van der Waals surface area (Å²) in [6, 6.07) is 3.30. The molecular formula is C20H23Cl2FN4O5S. The molecule has 1 fully saturated rings. The second kappa shape index (κ2) is 10.8. The largest absolute Gasteiger partial charge is 0.476 e. The molecule has 0 atom stereocenters. The van der Waals surface area contributed by atoms with E-state index in [1.165, 1.54) is 12.3 Å². The number of hydrogen-bond acceptors (Lipinski definition) is 7. The minimum absolute atomic E-state index is 0.107. The molecule has 1 aromatic heterocycles. The predicted molar refractivity (Wildman–Crippen MR) is 122 cm³/mol. The summed E-state index contributed by atoms with van der Waals surface area (Å²) in [5.74, 6) is -1.59. The van der Waals surface area contributed by atoms with Gasteiger partial charge in [0.15, 0.2) is 0 Å². The van der Waals surface area contributed by atoms with Crippen molar-refractivity contribution >= 4 is 39.3 Å². The van der Waals surface area contributed by atoms with E-state index in [-0.39, 0.29) is 46.4 Å². The van der Waals surface area contributed by atoms with Crippen LogP contribution in [0.1, 0.15) is 24.2 Å². The first-order valence-corrected chi connectivity index (χ1v) is 12.2. The van der Waals surface area contributed by atoms with Gasteiger partial charge in [0.1, 0.15) is 22.3 Å². The van der Waals surface area contributed by atoms with Crippen molar-refractivity contribution in [2.45, 2.75) is 13.8 Å². The highest BCUT2D eigenvalue weighted by Gasteiger charge is 2.27. The molecule has 0 unspecified atom stereocenters. The molecule has 0 saturated carbocycles. The smallest absolute Gasteiger partial charge is 0.304 e. The first-order valence-electron chi connectivity index (χ1n) is 10.0. The van der Waals surface area contributed by atoms with Gasteiger partial charge in [-0.1, -0.05) is 37.0 Å². The maximum absolute atomic E-state index is 14.6. The zero-order valence-electron chi connectivity index (χ0n) is 17.9. The second-order valence-corrected chi connectivity index (χ2v) is 10.1. The number of benzene rings is 1. The maximum atomic E-state index is 14.6. The van der Waals surface area contributed by atoms with Crippen LogP contribution in [0.5, 0.6) is 17.4 Å². The number of halogens is 3. The fourth-order valence-electron chi connectivity index (χ4n) is 2.84. The third kappa shape index (κ3) is 6.67. The lowest BCUT2D eigenvalue weighted by atomic mass is 10.2. The molecule has 9 nitrogen and oxygen atoms in total. The summed E-state index contributed by atoms with van der Waals surface area (Å²) in [7, 11) is -4.12. The normalized spacial score (nSPS) is 14.8. The fraction of sp³-hybridized carbons (Fsp3) is 0.400. The van der Waals surface area contributed by atoms with Gasteiger partial charge in [-0.05, 0) is 12.0 Å². The highest BCUT2D eigenvalue weighted by molar-refractivity contribution is 7.87. The van der Waals surface area contributed by atoms with Crippen LogP contribution in [-0.2, 0) is 10.2 Å². The molecule has 0 radical (unpaired) electrons. The maximum Gasteiger partial charge on any atom is 0.304 e. The summed E-state index contributed by atoms with van der Waals surface area (Å²) in [6.45, 7) is 5.67. The van der Waals surface area contributed by atoms with Gasteiger partial charge in [-0.25, -0.2) is 14.1 Å². The molecule has 13 heteroatoms. The van der Waals surface area contributed by atoms with Crippen molar-refractivity contribution in [3.8, 4) is 17.4 Å². The molecule has 0 aliphatic carbocycles. The predicted octanol–water partition coefficient (Wildman–Crippen LogP) is 3.23. The van der Waals surface area contributed by atoms with E-state index in [0.29, 0.717) is 19.7 Å². The lowest BCUT2D eigenvalue weighted by Crippen LogP contribution is -2.51. The Bertz CT molecular complexity index is 1130. The van der Waals surface area contributed by atoms with Crippen molar-refractivity contribution in [3.05, 3.63) is 45.8 Å². The summed E-state index contributed by atoms with van der Waals surface area (Å²) < 4.78 is 53.4. The number of aromatic nitrogens is 1. The Labute approximate surface area is 201 Å². The molecule has 0 spiro atoms. The van der Waals surface area contributed by atoms with Gasteiger partial charge in [0.25, 0.3) is 5.91 Å². The molecule has 1 amide bonds. The molecule has 1 aliphatic heterocycles. The number of nitrogens with one attached hydrogen (secondary N) is 2. The van der Waals surface area contributed by atoms with Crippen LogP contribution in [0.15, 0.2) is 24.4 Å². The van der Waals surface area contributed by atoms with Gasteiger partial charge in [0, 0.05) is 38.3 Å². The Morgan fingerprint density at radius 2 is 1.94 bits per heavy atom. The second-order valence-electron chi connectivity index (χ2n) is 7.61. The van der Waals surface area contributed by atoms with Gasteiger partial charge >= 0.3 is 10.2 Å². The molecule has 1 aromatic carbocycles. The van der Waals surface area contributed by atoms with Crippen LogP contribution in [0.2, 0.25) is 10.0 Å². The van der Waals surface area contributed by atoms with Gasteiger partial charge in [0.2, 0.25) is 5.88 Å². The van der Waals surface area contributed by atoms with Crippen LogP contribution in [0.3, 0.4) is 0 Å². The Hall–Kier alpha value is -2.18. The van der Waals surface area contributed by atoms with E-state index < -0.39 is 27.5 Å². The van der Waals surface area contributed by atoms with Crippen LogP contribution in [0.4, 0.5) is 4.39 Å². The van der Waals surface area contributed by atoms with Gasteiger partial charge < -0.3 is 14.8 Å². The topological polar surface area (TPSA) is 110 Å². The SMILES string of the molecule is CC(C)COc1ncc(Oc2cc(F)c(C(=O)NS(=O)(=O)N3CCNCC3)cc2Cl)cc1Cl. The molecule has 33 heavy (non-hydrogen) atoms. The third-order valence-corrected chi connectivity index (χ3v) is 6.52. The Kier molecular flexibility index (Phi) is 8.35. The summed E-state index contributed by atoms with van der Waals surface area (Å²) >= 11 is 12.3.